The maximum atomic E-state index is 11.7. The summed E-state index contributed by atoms with van der Waals surface area (Å²) in [6.45, 7) is 18.3. The average Bonchev–Trinajstić information content (AvgIpc) is 3.34. The molecule has 2 aromatic heterocycles. The molecule has 2 aromatic carbocycles. The predicted molar refractivity (Wildman–Crippen MR) is 176 cm³/mol. The van der Waals surface area contributed by atoms with E-state index in [2.05, 4.69) is 42.9 Å². The Hall–Kier alpha value is -2.40. The van der Waals surface area contributed by atoms with E-state index in [9.17, 15) is 9.90 Å². The quantitative estimate of drug-likeness (QED) is 0.105. The van der Waals surface area contributed by atoms with Crippen LogP contribution >= 0.6 is 11.3 Å². The van der Waals surface area contributed by atoms with E-state index in [-0.39, 0.29) is 61.2 Å². The molecule has 2 heterocycles. The molecule has 42 heavy (non-hydrogen) atoms. The van der Waals surface area contributed by atoms with E-state index in [4.69, 9.17) is 4.11 Å². The van der Waals surface area contributed by atoms with Crippen LogP contribution in [0.3, 0.4) is 0 Å². The minimum Gasteiger partial charge on any atom is -0.512 e. The second kappa shape index (κ2) is 15.9. The maximum absolute atomic E-state index is 11.7. The number of allylic oxidation sites excluding steroid dienone is 2. The number of hydrogen-bond donors (Lipinski definition) is 1. The number of aryl methyl sites for hydroxylation is 1. The second-order valence-corrected chi connectivity index (χ2v) is 13.0. The van der Waals surface area contributed by atoms with Crippen LogP contribution < -0.4 is 0 Å². The minimum absolute atomic E-state index is 0. The Morgan fingerprint density at radius 1 is 1.02 bits per heavy atom. The van der Waals surface area contributed by atoms with Gasteiger partial charge in [-0.2, -0.15) is 0 Å². The number of hydrogen-bond acceptors (Lipinski definition) is 5. The van der Waals surface area contributed by atoms with E-state index >= 15 is 0 Å². The molecule has 4 aromatic rings. The summed E-state index contributed by atoms with van der Waals surface area (Å²) in [6.07, 6.45) is 5.78. The summed E-state index contributed by atoms with van der Waals surface area (Å²) >= 11 is 1.63. The van der Waals surface area contributed by atoms with Crippen molar-refractivity contribution in [1.82, 2.24) is 9.97 Å². The van der Waals surface area contributed by atoms with Crippen LogP contribution in [0.15, 0.2) is 48.4 Å². The van der Waals surface area contributed by atoms with Gasteiger partial charge < -0.3 is 5.11 Å². The van der Waals surface area contributed by atoms with Gasteiger partial charge in [0.2, 0.25) is 0 Å². The molecule has 0 fully saturated rings. The zero-order valence-corrected chi connectivity index (χ0v) is 29.7. The molecule has 1 N–H and O–H groups in total. The first kappa shape index (κ1) is 31.0. The summed E-state index contributed by atoms with van der Waals surface area (Å²) < 4.78 is 26.9. The van der Waals surface area contributed by atoms with Crippen LogP contribution in [0, 0.1) is 37.2 Å². The van der Waals surface area contributed by atoms with Crippen LogP contribution in [0.25, 0.3) is 31.6 Å². The van der Waals surface area contributed by atoms with Crippen LogP contribution in [-0.2, 0) is 31.3 Å². The van der Waals surface area contributed by atoms with Gasteiger partial charge in [0.25, 0.3) is 0 Å². The Morgan fingerprint density at radius 2 is 1.67 bits per heavy atom. The number of benzene rings is 2. The fourth-order valence-electron chi connectivity index (χ4n) is 5.14. The Kier molecular flexibility index (Phi) is 11.7. The van der Waals surface area contributed by atoms with Gasteiger partial charge in [-0.25, -0.2) is 4.98 Å². The van der Waals surface area contributed by atoms with Crippen molar-refractivity contribution < 1.29 is 34.1 Å². The summed E-state index contributed by atoms with van der Waals surface area (Å²) in [4.78, 5) is 20.5. The van der Waals surface area contributed by atoms with Gasteiger partial charge in [-0.1, -0.05) is 80.5 Å². The largest absolute Gasteiger partial charge is 0.512 e. The second-order valence-electron chi connectivity index (χ2n) is 12.0. The van der Waals surface area contributed by atoms with Gasteiger partial charge in [0.15, 0.2) is 5.78 Å². The van der Waals surface area contributed by atoms with Gasteiger partial charge in [-0.05, 0) is 45.8 Å². The number of aliphatic hydroxyl groups excluding tert-OH is 1. The number of ketones is 1. The van der Waals surface area contributed by atoms with Crippen LogP contribution in [0.4, 0.5) is 0 Å². The molecule has 4 rings (SSSR count). The van der Waals surface area contributed by atoms with E-state index in [0.717, 1.165) is 52.4 Å². The molecule has 0 aliphatic heterocycles. The standard InChI is InChI=1S/C23H23N2S.C13H24O2.Ir/c1-14-9-15(2)11-17(10-14)19-22-20(25-13-24-19)18-8-6-7-16(21(18)26-22)12-23(3,4)5;1-5-10(6-2)12(14)9-13(15)11(7-3)8-4;/h6-10,13H,12H2,1-5H3;9-11,14H,5-8H2,1-4H3;/q-1;;/b;12-9-;/i9D,10D,13D;;. The SMILES string of the molecule is CCC(CC)C(=O)/C=C(\O)C(CC)CC.[2H]c1nc(-c2[c-]c(C)c([2H])c(C)c2[2H])c2sc3c(CC(C)(C)C)cccc3c2n1.[Ir]. The molecule has 0 aliphatic carbocycles. The zero-order chi connectivity index (χ0) is 32.9. The van der Waals surface area contributed by atoms with E-state index in [0.29, 0.717) is 28.4 Å². The minimum atomic E-state index is -0.0634. The molecule has 6 heteroatoms. The van der Waals surface area contributed by atoms with Crippen molar-refractivity contribution in [2.45, 2.75) is 94.4 Å². The molecule has 4 nitrogen and oxygen atoms in total. The summed E-state index contributed by atoms with van der Waals surface area (Å²) in [7, 11) is 0. The Labute approximate surface area is 274 Å². The topological polar surface area (TPSA) is 63.1 Å². The Balaban J connectivity index is 0.000000378. The molecular weight excluding hydrogens is 717 g/mol. The summed E-state index contributed by atoms with van der Waals surface area (Å²) in [5.41, 5.74) is 4.57. The fraction of sp³-hybridized carbons (Fsp3) is 0.472. The summed E-state index contributed by atoms with van der Waals surface area (Å²) in [5, 5.41) is 10.8. The third-order valence-corrected chi connectivity index (χ3v) is 8.63. The molecule has 0 aliphatic rings. The first-order chi connectivity index (χ1) is 20.7. The van der Waals surface area contributed by atoms with Crippen molar-refractivity contribution in [2.75, 3.05) is 0 Å². The van der Waals surface area contributed by atoms with Gasteiger partial charge in [0, 0.05) is 58.5 Å². The van der Waals surface area contributed by atoms with E-state index in [1.807, 2.05) is 46.8 Å². The molecule has 0 saturated carbocycles. The molecule has 0 unspecified atom stereocenters. The number of thiophene rings is 1. The van der Waals surface area contributed by atoms with Crippen molar-refractivity contribution in [3.05, 3.63) is 71.2 Å². The van der Waals surface area contributed by atoms with Gasteiger partial charge in [-0.15, -0.1) is 46.2 Å². The molecular formula is C36H47IrN2O2S-. The van der Waals surface area contributed by atoms with Crippen molar-refractivity contribution in [2.24, 2.45) is 17.3 Å². The molecule has 0 spiro atoms. The van der Waals surface area contributed by atoms with Crippen molar-refractivity contribution in [3.8, 4) is 11.3 Å². The van der Waals surface area contributed by atoms with Crippen LogP contribution in [-0.4, -0.2) is 20.9 Å². The van der Waals surface area contributed by atoms with E-state index < -0.39 is 0 Å². The predicted octanol–water partition coefficient (Wildman–Crippen LogP) is 10.4. The summed E-state index contributed by atoms with van der Waals surface area (Å²) in [5.74, 6) is 0.547. The van der Waals surface area contributed by atoms with E-state index in [1.165, 1.54) is 11.6 Å². The smallest absolute Gasteiger partial charge is 0.162 e. The monoisotopic (exact) mass is 767 g/mol. The van der Waals surface area contributed by atoms with Crippen molar-refractivity contribution in [1.29, 1.82) is 0 Å². The molecule has 229 valence electrons. The molecule has 0 atom stereocenters. The van der Waals surface area contributed by atoms with E-state index in [1.54, 1.807) is 18.3 Å². The van der Waals surface area contributed by atoms with Gasteiger partial charge >= 0.3 is 0 Å². The normalized spacial score (nSPS) is 13.0. The van der Waals surface area contributed by atoms with Gasteiger partial charge in [0.05, 0.1) is 11.3 Å². The number of rotatable bonds is 9. The number of carbonyl (C=O) groups is 1. The summed E-state index contributed by atoms with van der Waals surface area (Å²) in [6, 6.07) is 10.0. The average molecular weight is 767 g/mol. The van der Waals surface area contributed by atoms with Gasteiger partial charge in [0.1, 0.15) is 7.67 Å². The number of aromatic nitrogens is 2. The van der Waals surface area contributed by atoms with Gasteiger partial charge in [-0.3, -0.25) is 9.78 Å². The van der Waals surface area contributed by atoms with Crippen LogP contribution in [0.5, 0.6) is 0 Å². The van der Waals surface area contributed by atoms with Crippen molar-refractivity contribution in [3.63, 3.8) is 0 Å². The third kappa shape index (κ3) is 9.05. The number of carbonyl (C=O) groups excluding carboxylic acids is 1. The Bertz CT molecular complexity index is 1670. The zero-order valence-electron chi connectivity index (χ0n) is 29.5. The molecule has 0 bridgehead atoms. The first-order valence-corrected chi connectivity index (χ1v) is 15.6. The maximum Gasteiger partial charge on any atom is 0.162 e. The molecule has 1 radical (unpaired) electrons. The fourth-order valence-corrected chi connectivity index (χ4v) is 6.39. The first-order valence-electron chi connectivity index (χ1n) is 16.3. The Morgan fingerprint density at radius 3 is 2.26 bits per heavy atom. The van der Waals surface area contributed by atoms with Crippen molar-refractivity contribution >= 4 is 37.4 Å². The molecule has 0 saturated heterocycles. The third-order valence-electron chi connectivity index (χ3n) is 7.35. The molecule has 0 amide bonds. The van der Waals surface area contributed by atoms with Crippen LogP contribution in [0.2, 0.25) is 0 Å². The van der Waals surface area contributed by atoms with Crippen LogP contribution in [0.1, 0.15) is 95.0 Å². The number of fused-ring (bicyclic) bond motifs is 3. The number of aliphatic hydroxyl groups is 1. The number of nitrogens with zero attached hydrogens (tertiary/aromatic N) is 2.